The number of nitrogens with zero attached hydrogens (tertiary/aromatic N) is 10. The third kappa shape index (κ3) is 17.3. The van der Waals surface area contributed by atoms with Crippen molar-refractivity contribution in [3.8, 4) is 91.4 Å². The van der Waals surface area contributed by atoms with Crippen LogP contribution in [-0.4, -0.2) is 141 Å². The van der Waals surface area contributed by atoms with Crippen LogP contribution < -0.4 is 14.2 Å². The smallest absolute Gasteiger partial charge is 0.270 e. The Kier molecular flexibility index (Phi) is 23.8. The zero-order valence-corrected chi connectivity index (χ0v) is 65.5. The molecule has 0 radical (unpaired) electrons. The zero-order chi connectivity index (χ0) is 77.2. The summed E-state index contributed by atoms with van der Waals surface area (Å²) in [6, 6.07) is 68.3. The minimum Gasteiger partial charge on any atom is -0.489 e. The number of nitrogens with one attached hydrogen (secondary N) is 1. The van der Waals surface area contributed by atoms with Crippen LogP contribution in [0.4, 0.5) is 0 Å². The van der Waals surface area contributed by atoms with Crippen LogP contribution in [0.1, 0.15) is 66.3 Å². The van der Waals surface area contributed by atoms with E-state index in [-0.39, 0.29) is 28.1 Å². The number of aromatic nitrogens is 6. The molecule has 3 fully saturated rings. The number of halogens is 1. The maximum atomic E-state index is 14.2. The molecule has 0 saturated carbocycles. The van der Waals surface area contributed by atoms with Crippen molar-refractivity contribution in [3.63, 3.8) is 0 Å². The first-order valence-electron chi connectivity index (χ1n) is 36.5. The average molecular weight is 1630 g/mol. The van der Waals surface area contributed by atoms with Crippen molar-refractivity contribution in [2.45, 2.75) is 79.7 Å². The molecular formula is C87H80IN11O10S2. The van der Waals surface area contributed by atoms with Crippen LogP contribution in [0.2, 0.25) is 0 Å². The first kappa shape index (κ1) is 76.7. The number of aromatic amines is 1. The minimum absolute atomic E-state index is 0.00220. The van der Waals surface area contributed by atoms with Crippen molar-refractivity contribution < 1.29 is 45.3 Å². The quantitative estimate of drug-likeness (QED) is 0.0737. The number of ether oxygens (including phenoxy) is 6. The molecule has 0 bridgehead atoms. The zero-order valence-electron chi connectivity index (χ0n) is 61.7. The van der Waals surface area contributed by atoms with Crippen molar-refractivity contribution in [1.29, 1.82) is 15.8 Å². The molecule has 0 spiro atoms. The van der Waals surface area contributed by atoms with Gasteiger partial charge >= 0.3 is 0 Å². The van der Waals surface area contributed by atoms with Crippen molar-refractivity contribution in [2.24, 2.45) is 0 Å². The molecule has 16 rings (SSSR count). The number of hydrogen-bond donors (Lipinski definition) is 1. The van der Waals surface area contributed by atoms with Gasteiger partial charge in [0.1, 0.15) is 59.4 Å². The fourth-order valence-electron chi connectivity index (χ4n) is 14.1. The van der Waals surface area contributed by atoms with Crippen molar-refractivity contribution >= 4 is 75.7 Å². The van der Waals surface area contributed by atoms with Crippen molar-refractivity contribution in [3.05, 3.63) is 250 Å². The molecule has 0 aliphatic carbocycles. The first-order valence-corrected chi connectivity index (χ1v) is 40.5. The third-order valence-electron chi connectivity index (χ3n) is 19.5. The molecule has 24 heteroatoms. The second-order valence-electron chi connectivity index (χ2n) is 27.8. The lowest BCUT2D eigenvalue weighted by molar-refractivity contribution is 0.0252. The highest BCUT2D eigenvalue weighted by molar-refractivity contribution is 14.1. The fraction of sp³-hybridized carbons (Fsp3) is 0.241. The van der Waals surface area contributed by atoms with Gasteiger partial charge in [-0.1, -0.05) is 91.0 Å². The number of H-pyrrole nitrogens is 1. The molecule has 0 unspecified atom stereocenters. The molecule has 6 aromatic heterocycles. The molecule has 21 nitrogen and oxygen atoms in total. The van der Waals surface area contributed by atoms with Crippen molar-refractivity contribution in [1.82, 2.24) is 37.7 Å². The number of rotatable bonds is 19. The van der Waals surface area contributed by atoms with Gasteiger partial charge < -0.3 is 43.2 Å². The summed E-state index contributed by atoms with van der Waals surface area (Å²) >= 11 is 2.01. The highest BCUT2D eigenvalue weighted by atomic mass is 127. The maximum absolute atomic E-state index is 14.2. The summed E-state index contributed by atoms with van der Waals surface area (Å²) in [5, 5.41) is 31.9. The molecule has 111 heavy (non-hydrogen) atoms. The Morgan fingerprint density at radius 1 is 0.441 bits per heavy atom. The van der Waals surface area contributed by atoms with Crippen LogP contribution in [0.3, 0.4) is 0 Å². The number of nitriles is 3. The van der Waals surface area contributed by atoms with Gasteiger partial charge in [-0.3, -0.25) is 0 Å². The Balaban J connectivity index is 0.000000140. The minimum atomic E-state index is -4.01. The first-order chi connectivity index (χ1) is 53.9. The summed E-state index contributed by atoms with van der Waals surface area (Å²) in [5.74, 6) is 1.71. The van der Waals surface area contributed by atoms with Gasteiger partial charge in [0.2, 0.25) is 0 Å². The Labute approximate surface area is 659 Å². The molecule has 9 heterocycles. The van der Waals surface area contributed by atoms with Gasteiger partial charge in [-0.2, -0.15) is 15.8 Å². The van der Waals surface area contributed by atoms with Crippen LogP contribution in [0.25, 0.3) is 89.0 Å². The second-order valence-corrected chi connectivity index (χ2v) is 32.5. The largest absolute Gasteiger partial charge is 0.489 e. The lowest BCUT2D eigenvalue weighted by atomic mass is 10.0. The molecule has 562 valence electrons. The van der Waals surface area contributed by atoms with E-state index in [1.807, 2.05) is 122 Å². The second kappa shape index (κ2) is 34.4. The van der Waals surface area contributed by atoms with E-state index in [2.05, 4.69) is 92.4 Å². The van der Waals surface area contributed by atoms with Crippen LogP contribution in [0.15, 0.2) is 229 Å². The highest BCUT2D eigenvalue weighted by Crippen LogP contribution is 2.41. The Morgan fingerprint density at radius 2 is 0.838 bits per heavy atom. The summed E-state index contributed by atoms with van der Waals surface area (Å²) in [6.45, 7) is 5.59. The summed E-state index contributed by atoms with van der Waals surface area (Å²) in [4.78, 5) is 21.6. The van der Waals surface area contributed by atoms with E-state index in [9.17, 15) is 32.6 Å². The number of hydrogen-bond acceptors (Lipinski definition) is 18. The molecule has 0 amide bonds. The lowest BCUT2D eigenvalue weighted by Crippen LogP contribution is -2.26. The van der Waals surface area contributed by atoms with Gasteiger partial charge in [-0.05, 0) is 216 Å². The molecule has 13 aromatic rings. The van der Waals surface area contributed by atoms with Gasteiger partial charge in [0.25, 0.3) is 20.0 Å². The van der Waals surface area contributed by atoms with Gasteiger partial charge in [0.05, 0.1) is 75.5 Å². The van der Waals surface area contributed by atoms with Crippen LogP contribution in [0.5, 0.6) is 17.2 Å². The van der Waals surface area contributed by atoms with Crippen molar-refractivity contribution in [2.75, 3.05) is 67.8 Å². The molecular weight excluding hydrogens is 1550 g/mol. The monoisotopic (exact) mass is 1630 g/mol. The third-order valence-corrected chi connectivity index (χ3v) is 24.0. The molecule has 7 aromatic carbocycles. The van der Waals surface area contributed by atoms with E-state index in [1.165, 1.54) is 13.5 Å². The Bertz CT molecular complexity index is 5910. The van der Waals surface area contributed by atoms with E-state index in [1.54, 1.807) is 104 Å². The topological polar surface area (TPSA) is 266 Å². The molecule has 3 saturated heterocycles. The average Bonchev–Trinajstić information content (AvgIpc) is 1.61. The van der Waals surface area contributed by atoms with E-state index >= 15 is 0 Å². The van der Waals surface area contributed by atoms with E-state index < -0.39 is 20.0 Å². The predicted octanol–water partition coefficient (Wildman–Crippen LogP) is 16.5. The summed E-state index contributed by atoms with van der Waals surface area (Å²) in [6.07, 6.45) is 9.95. The Hall–Kier alpha value is -11.1. The highest BCUT2D eigenvalue weighted by Gasteiger charge is 2.29. The molecule has 3 aliphatic heterocycles. The molecule has 1 N–H and O–H groups in total. The normalized spacial score (nSPS) is 14.4. The SMILES string of the molecule is CN(C)Cc1cccc(-c2cc3c(-c4ccc(OC5CCOCC5)c(C#N)c4)ccnc3[nH]2)c1.CN(C)Cc1cccc(-c2cc3c(-c4ccc(OC5CCOCC5)c(C#N)c4)ccnc3n2S(=O)(=O)c2ccccc2)c1.N#Cc1cc(-c2ccnc3c2cc(I)n3S(=O)(=O)c2ccccc2)ccc1OC1CCOCC1. The van der Waals surface area contributed by atoms with Crippen LogP contribution in [-0.2, 0) is 47.3 Å². The summed E-state index contributed by atoms with van der Waals surface area (Å²) in [7, 11) is 0.297. The number of benzene rings is 7. The maximum Gasteiger partial charge on any atom is 0.270 e. The summed E-state index contributed by atoms with van der Waals surface area (Å²) < 4.78 is 92.8. The number of pyridine rings is 3. The van der Waals surface area contributed by atoms with Gasteiger partial charge in [-0.25, -0.2) is 39.7 Å². The standard InChI is InChI=1S/C34H32N4O4S.C28H28N4O2.C25H20IN3O4S/c1-37(2)23-24-7-6-8-26(19-24)32-21-31-30(13-16-36-34(31)38(32)43(39,40)29-9-4-3-5-10-29)25-11-12-33(27(20-25)22-35)42-28-14-17-41-18-15-28;1-32(2)18-19-4-3-5-21(14-19)26-16-25-24(8-11-30-28(25)31-26)20-6-7-27(22(15-20)17-29)34-23-9-12-33-13-10-23;26-24-15-22-21(8-11-28-25(22)29(24)34(30,31)20-4-2-1-3-5-20)17-6-7-23(18(14-17)16-27)33-19-9-12-32-13-10-19/h3-13,16,19-21,28H,14-15,17-18,23H2,1-2H3;3-8,11,14-16,23H,9-10,12-13,18H2,1-2H3,(H,30,31);1-8,11,14-15,19H,9-10,12-13H2. The van der Waals surface area contributed by atoms with E-state index in [0.29, 0.717) is 112 Å². The van der Waals surface area contributed by atoms with Gasteiger partial charge in [-0.15, -0.1) is 0 Å². The predicted molar refractivity (Wildman–Crippen MR) is 436 cm³/mol. The lowest BCUT2D eigenvalue weighted by Gasteiger charge is -2.24. The van der Waals surface area contributed by atoms with Gasteiger partial charge in [0, 0.05) is 92.1 Å². The summed E-state index contributed by atoms with van der Waals surface area (Å²) in [5.41, 5.74) is 13.7. The van der Waals surface area contributed by atoms with Gasteiger partial charge in [0.15, 0.2) is 11.3 Å². The van der Waals surface area contributed by atoms with Crippen LogP contribution in [0, 0.1) is 37.7 Å². The molecule has 3 aliphatic rings. The van der Waals surface area contributed by atoms with E-state index in [0.717, 1.165) is 112 Å². The Morgan fingerprint density at radius 3 is 1.28 bits per heavy atom. The van der Waals surface area contributed by atoms with E-state index in [4.69, 9.17) is 28.4 Å². The van der Waals surface area contributed by atoms with Crippen LogP contribution >= 0.6 is 22.6 Å². The number of fused-ring (bicyclic) bond motifs is 3. The molecule has 0 atom stereocenters. The fourth-order valence-corrected chi connectivity index (χ4v) is 18.3.